The summed E-state index contributed by atoms with van der Waals surface area (Å²) in [5.41, 5.74) is 7.76. The van der Waals surface area contributed by atoms with Crippen molar-refractivity contribution in [3.63, 3.8) is 0 Å². The molecule has 0 unspecified atom stereocenters. The first-order valence-electron chi connectivity index (χ1n) is 5.99. The second-order valence-electron chi connectivity index (χ2n) is 4.50. The SMILES string of the molecule is N[C@@H](Cc1ccc(-c2cc(F)cc(Cl)c2)cc1)C(=O)O. The van der Waals surface area contributed by atoms with E-state index in [0.717, 1.165) is 11.1 Å². The van der Waals surface area contributed by atoms with Gasteiger partial charge in [-0.1, -0.05) is 35.9 Å². The molecule has 0 fully saturated rings. The van der Waals surface area contributed by atoms with Crippen molar-refractivity contribution < 1.29 is 14.3 Å². The summed E-state index contributed by atoms with van der Waals surface area (Å²) < 4.78 is 13.3. The maximum Gasteiger partial charge on any atom is 0.320 e. The Hall–Kier alpha value is -1.91. The summed E-state index contributed by atoms with van der Waals surface area (Å²) in [5.74, 6) is -1.43. The highest BCUT2D eigenvalue weighted by Gasteiger charge is 2.12. The molecule has 5 heteroatoms. The Labute approximate surface area is 120 Å². The normalized spacial score (nSPS) is 12.2. The van der Waals surface area contributed by atoms with Crippen LogP contribution in [-0.4, -0.2) is 17.1 Å². The fraction of sp³-hybridized carbons (Fsp3) is 0.133. The van der Waals surface area contributed by atoms with Gasteiger partial charge in [0.15, 0.2) is 0 Å². The second kappa shape index (κ2) is 6.03. The number of carboxylic acids is 1. The molecule has 3 nitrogen and oxygen atoms in total. The molecule has 0 aliphatic heterocycles. The van der Waals surface area contributed by atoms with Crippen molar-refractivity contribution in [2.45, 2.75) is 12.5 Å². The smallest absolute Gasteiger partial charge is 0.320 e. The molecule has 20 heavy (non-hydrogen) atoms. The van der Waals surface area contributed by atoms with Crippen LogP contribution in [0.15, 0.2) is 42.5 Å². The summed E-state index contributed by atoms with van der Waals surface area (Å²) in [6.45, 7) is 0. The standard InChI is InChI=1S/C15H13ClFNO2/c16-12-6-11(7-13(17)8-12)10-3-1-9(2-4-10)5-14(18)15(19)20/h1-4,6-8,14H,5,18H2,(H,19,20)/t14-/m0/s1. The summed E-state index contributed by atoms with van der Waals surface area (Å²) in [4.78, 5) is 10.7. The van der Waals surface area contributed by atoms with Gasteiger partial charge in [0.25, 0.3) is 0 Å². The van der Waals surface area contributed by atoms with Crippen molar-refractivity contribution in [2.75, 3.05) is 0 Å². The zero-order valence-corrected chi connectivity index (χ0v) is 11.3. The minimum absolute atomic E-state index is 0.250. The Morgan fingerprint density at radius 3 is 2.40 bits per heavy atom. The molecule has 0 spiro atoms. The number of nitrogens with two attached hydrogens (primary N) is 1. The van der Waals surface area contributed by atoms with E-state index in [1.807, 2.05) is 0 Å². The van der Waals surface area contributed by atoms with E-state index in [1.165, 1.54) is 12.1 Å². The zero-order valence-electron chi connectivity index (χ0n) is 10.5. The molecule has 2 aromatic rings. The van der Waals surface area contributed by atoms with Crippen molar-refractivity contribution in [1.29, 1.82) is 0 Å². The van der Waals surface area contributed by atoms with Gasteiger partial charge in [-0.25, -0.2) is 4.39 Å². The third-order valence-corrected chi connectivity index (χ3v) is 3.14. The number of rotatable bonds is 4. The summed E-state index contributed by atoms with van der Waals surface area (Å²) in [6.07, 6.45) is 0.250. The Bertz CT molecular complexity index is 608. The molecule has 0 aromatic heterocycles. The van der Waals surface area contributed by atoms with Crippen LogP contribution in [0.3, 0.4) is 0 Å². The number of benzene rings is 2. The van der Waals surface area contributed by atoms with E-state index in [1.54, 1.807) is 30.3 Å². The minimum atomic E-state index is -1.04. The topological polar surface area (TPSA) is 63.3 Å². The van der Waals surface area contributed by atoms with Gasteiger partial charge in [0.1, 0.15) is 11.9 Å². The van der Waals surface area contributed by atoms with Gasteiger partial charge in [-0.15, -0.1) is 0 Å². The number of hydrogen-bond donors (Lipinski definition) is 2. The van der Waals surface area contributed by atoms with Crippen LogP contribution in [0.5, 0.6) is 0 Å². The fourth-order valence-corrected chi connectivity index (χ4v) is 2.12. The monoisotopic (exact) mass is 293 g/mol. The van der Waals surface area contributed by atoms with Crippen LogP contribution in [-0.2, 0) is 11.2 Å². The van der Waals surface area contributed by atoms with Crippen LogP contribution in [0.2, 0.25) is 5.02 Å². The number of halogens is 2. The molecule has 2 aromatic carbocycles. The molecular weight excluding hydrogens is 281 g/mol. The number of carboxylic acid groups (broad SMARTS) is 1. The molecule has 0 bridgehead atoms. The molecule has 0 heterocycles. The molecule has 1 atom stereocenters. The van der Waals surface area contributed by atoms with Crippen molar-refractivity contribution >= 4 is 17.6 Å². The third-order valence-electron chi connectivity index (χ3n) is 2.92. The predicted octanol–water partition coefficient (Wildman–Crippen LogP) is 3.10. The van der Waals surface area contributed by atoms with E-state index in [4.69, 9.17) is 22.4 Å². The lowest BCUT2D eigenvalue weighted by atomic mass is 10.0. The number of carbonyl (C=O) groups is 1. The third kappa shape index (κ3) is 3.56. The largest absolute Gasteiger partial charge is 0.480 e. The molecule has 0 saturated heterocycles. The number of aliphatic carboxylic acids is 1. The molecule has 104 valence electrons. The Balaban J connectivity index is 2.21. The average molecular weight is 294 g/mol. The highest BCUT2D eigenvalue weighted by molar-refractivity contribution is 6.30. The van der Waals surface area contributed by atoms with Gasteiger partial charge in [0, 0.05) is 5.02 Å². The van der Waals surface area contributed by atoms with Crippen molar-refractivity contribution in [3.05, 3.63) is 58.9 Å². The lowest BCUT2D eigenvalue weighted by molar-refractivity contribution is -0.138. The van der Waals surface area contributed by atoms with E-state index < -0.39 is 17.8 Å². The van der Waals surface area contributed by atoms with Crippen LogP contribution in [0, 0.1) is 5.82 Å². The van der Waals surface area contributed by atoms with Gasteiger partial charge in [0.05, 0.1) is 0 Å². The number of hydrogen-bond acceptors (Lipinski definition) is 2. The van der Waals surface area contributed by atoms with Gasteiger partial charge >= 0.3 is 5.97 Å². The van der Waals surface area contributed by atoms with Crippen LogP contribution < -0.4 is 5.73 Å². The molecular formula is C15H13ClFNO2. The Morgan fingerprint density at radius 2 is 1.85 bits per heavy atom. The van der Waals surface area contributed by atoms with E-state index in [9.17, 15) is 9.18 Å². The second-order valence-corrected chi connectivity index (χ2v) is 4.94. The highest BCUT2D eigenvalue weighted by atomic mass is 35.5. The van der Waals surface area contributed by atoms with E-state index in [0.29, 0.717) is 10.6 Å². The fourth-order valence-electron chi connectivity index (χ4n) is 1.90. The quantitative estimate of drug-likeness (QED) is 0.910. The van der Waals surface area contributed by atoms with E-state index in [-0.39, 0.29) is 6.42 Å². The van der Waals surface area contributed by atoms with Crippen molar-refractivity contribution in [3.8, 4) is 11.1 Å². The van der Waals surface area contributed by atoms with Crippen molar-refractivity contribution in [2.24, 2.45) is 5.73 Å². The Kier molecular flexibility index (Phi) is 4.37. The summed E-state index contributed by atoms with van der Waals surface area (Å²) >= 11 is 5.81. The lowest BCUT2D eigenvalue weighted by Gasteiger charge is -2.08. The van der Waals surface area contributed by atoms with Gasteiger partial charge < -0.3 is 10.8 Å². The molecule has 0 aliphatic rings. The molecule has 0 radical (unpaired) electrons. The lowest BCUT2D eigenvalue weighted by Crippen LogP contribution is -2.32. The summed E-state index contributed by atoms with van der Waals surface area (Å²) in [6, 6.07) is 10.5. The predicted molar refractivity (Wildman–Crippen MR) is 76.2 cm³/mol. The minimum Gasteiger partial charge on any atom is -0.480 e. The van der Waals surface area contributed by atoms with Crippen LogP contribution >= 0.6 is 11.6 Å². The van der Waals surface area contributed by atoms with Gasteiger partial charge in [-0.3, -0.25) is 4.79 Å². The van der Waals surface area contributed by atoms with E-state index in [2.05, 4.69) is 0 Å². The Morgan fingerprint density at radius 1 is 1.20 bits per heavy atom. The van der Waals surface area contributed by atoms with Gasteiger partial charge in [-0.2, -0.15) is 0 Å². The molecule has 0 saturated carbocycles. The summed E-state index contributed by atoms with van der Waals surface area (Å²) in [5, 5.41) is 9.09. The molecule has 2 rings (SSSR count). The first kappa shape index (κ1) is 14.5. The average Bonchev–Trinajstić information content (AvgIpc) is 2.38. The van der Waals surface area contributed by atoms with Crippen LogP contribution in [0.4, 0.5) is 4.39 Å². The zero-order chi connectivity index (χ0) is 14.7. The highest BCUT2D eigenvalue weighted by Crippen LogP contribution is 2.24. The molecule has 0 amide bonds. The first-order chi connectivity index (χ1) is 9.45. The molecule has 0 aliphatic carbocycles. The maximum absolute atomic E-state index is 13.3. The van der Waals surface area contributed by atoms with E-state index >= 15 is 0 Å². The van der Waals surface area contributed by atoms with Crippen LogP contribution in [0.25, 0.3) is 11.1 Å². The first-order valence-corrected chi connectivity index (χ1v) is 6.37. The molecule has 3 N–H and O–H groups in total. The summed E-state index contributed by atoms with van der Waals surface area (Å²) in [7, 11) is 0. The van der Waals surface area contributed by atoms with Gasteiger partial charge in [-0.05, 0) is 41.3 Å². The van der Waals surface area contributed by atoms with Gasteiger partial charge in [0.2, 0.25) is 0 Å². The maximum atomic E-state index is 13.3. The van der Waals surface area contributed by atoms with Crippen molar-refractivity contribution in [1.82, 2.24) is 0 Å². The van der Waals surface area contributed by atoms with Crippen LogP contribution in [0.1, 0.15) is 5.56 Å².